The van der Waals surface area contributed by atoms with Gasteiger partial charge in [-0.05, 0) is 169 Å². The smallest absolute Gasteiger partial charge is 0.298 e. The molecule has 10 aromatic carbocycles. The van der Waals surface area contributed by atoms with E-state index in [4.69, 9.17) is 18.9 Å². The highest BCUT2D eigenvalue weighted by molar-refractivity contribution is 7.87. The average molecular weight is 1140 g/mol. The van der Waals surface area contributed by atoms with Crippen molar-refractivity contribution in [1.82, 2.24) is 0 Å². The first-order valence-corrected chi connectivity index (χ1v) is 31.4. The summed E-state index contributed by atoms with van der Waals surface area (Å²) in [6.45, 7) is 1.83. The van der Waals surface area contributed by atoms with Gasteiger partial charge >= 0.3 is 0 Å². The molecule has 2 unspecified atom stereocenters. The summed E-state index contributed by atoms with van der Waals surface area (Å²) in [5.74, 6) is 3.31. The molecule has 0 radical (unpaired) electrons. The van der Waals surface area contributed by atoms with Crippen LogP contribution in [0.15, 0.2) is 252 Å². The minimum atomic E-state index is -4.97. The second kappa shape index (κ2) is 23.2. The lowest BCUT2D eigenvalue weighted by atomic mass is 10.0. The molecule has 0 aromatic heterocycles. The van der Waals surface area contributed by atoms with Crippen LogP contribution >= 0.6 is 14.3 Å². The predicted molar refractivity (Wildman–Crippen MR) is 314 cm³/mol. The van der Waals surface area contributed by atoms with Gasteiger partial charge in [0.25, 0.3) is 20.2 Å². The molecule has 16 heteroatoms. The third kappa shape index (κ3) is 12.4. The Morgan fingerprint density at radius 2 is 0.713 bits per heavy atom. The van der Waals surface area contributed by atoms with Crippen molar-refractivity contribution < 1.29 is 54.0 Å². The van der Waals surface area contributed by atoms with Crippen molar-refractivity contribution in [3.63, 3.8) is 0 Å². The largest absolute Gasteiger partial charge is 0.497 e. The van der Waals surface area contributed by atoms with Gasteiger partial charge < -0.3 is 28.1 Å². The van der Waals surface area contributed by atoms with Crippen molar-refractivity contribution >= 4 is 66.3 Å². The Hall–Kier alpha value is -8.32. The number of aryl methyl sites for hydroxylation is 1. The molecule has 0 aliphatic rings. The van der Waals surface area contributed by atoms with Gasteiger partial charge in [-0.15, -0.1) is 0 Å². The first-order valence-electron chi connectivity index (χ1n) is 25.1. The molecule has 10 aromatic rings. The van der Waals surface area contributed by atoms with Gasteiger partial charge in [-0.3, -0.25) is 9.11 Å². The van der Waals surface area contributed by atoms with Gasteiger partial charge in [0, 0.05) is 31.8 Å². The van der Waals surface area contributed by atoms with E-state index in [9.17, 15) is 25.9 Å². The maximum atomic E-state index is 15.3. The summed E-state index contributed by atoms with van der Waals surface area (Å²) in [5.41, 5.74) is 5.07. The Kier molecular flexibility index (Phi) is 15.9. The van der Waals surface area contributed by atoms with Crippen LogP contribution in [-0.2, 0) is 42.2 Å². The van der Waals surface area contributed by atoms with Gasteiger partial charge in [-0.25, -0.2) is 0 Å². The predicted octanol–water partition coefficient (Wildman–Crippen LogP) is 12.3. The molecular formula is C64H52O12P2S2. The number of rotatable bonds is 19. The van der Waals surface area contributed by atoms with Crippen LogP contribution in [0.5, 0.6) is 40.2 Å². The van der Waals surface area contributed by atoms with Crippen LogP contribution in [0.25, 0.3) is 0 Å². The van der Waals surface area contributed by atoms with Gasteiger partial charge in [0.1, 0.15) is 45.1 Å². The Labute approximate surface area is 465 Å². The SMILES string of the molecule is COc1ccc(Cc2ccc(Oc3ccc(P(=O)(c4ccccc4)c4ccc(Oc5ccc(Cc6ccc(Oc7ccc(P(=O)(c8ccc(C)cc8)c8cccc(S(=O)(=O)O)c8)cc7S(=O)(=O)O)cc6)cc5)cc4)cc3)cc2)cc1. The number of hydrogen-bond donors (Lipinski definition) is 2. The molecule has 12 nitrogen and oxygen atoms in total. The monoisotopic (exact) mass is 1140 g/mol. The molecule has 0 aliphatic heterocycles. The van der Waals surface area contributed by atoms with Crippen molar-refractivity contribution in [1.29, 1.82) is 0 Å². The highest BCUT2D eigenvalue weighted by Gasteiger charge is 2.34. The highest BCUT2D eigenvalue weighted by atomic mass is 32.2. The molecule has 0 aliphatic carbocycles. The van der Waals surface area contributed by atoms with Crippen molar-refractivity contribution in [2.24, 2.45) is 0 Å². The van der Waals surface area contributed by atoms with Gasteiger partial charge in [0.2, 0.25) is 0 Å². The second-order valence-corrected chi connectivity index (χ2v) is 27.2. The Balaban J connectivity index is 0.794. The van der Waals surface area contributed by atoms with Gasteiger partial charge in [0.05, 0.1) is 12.0 Å². The summed E-state index contributed by atoms with van der Waals surface area (Å²) in [4.78, 5) is -1.15. The normalized spacial score (nSPS) is 13.1. The van der Waals surface area contributed by atoms with E-state index < -0.39 is 44.3 Å². The van der Waals surface area contributed by atoms with E-state index in [1.807, 2.05) is 159 Å². The zero-order chi connectivity index (χ0) is 56.1. The summed E-state index contributed by atoms with van der Waals surface area (Å²) in [6.07, 6.45) is 1.32. The molecule has 0 saturated heterocycles. The molecule has 10 rings (SSSR count). The zero-order valence-electron chi connectivity index (χ0n) is 43.2. The summed E-state index contributed by atoms with van der Waals surface area (Å²) in [6, 6.07) is 70.0. The van der Waals surface area contributed by atoms with Crippen LogP contribution in [-0.4, -0.2) is 33.1 Å². The van der Waals surface area contributed by atoms with Crippen LogP contribution in [0.1, 0.15) is 27.8 Å². The lowest BCUT2D eigenvalue weighted by molar-refractivity contribution is 0.414. The molecule has 0 fully saturated rings. The van der Waals surface area contributed by atoms with E-state index >= 15 is 9.13 Å². The van der Waals surface area contributed by atoms with Gasteiger partial charge in [0.15, 0.2) is 14.3 Å². The van der Waals surface area contributed by atoms with Crippen molar-refractivity contribution in [2.45, 2.75) is 29.6 Å². The number of ether oxygens (including phenoxy) is 4. The van der Waals surface area contributed by atoms with Crippen molar-refractivity contribution in [3.05, 3.63) is 270 Å². The fourth-order valence-electron chi connectivity index (χ4n) is 9.19. The fourth-order valence-corrected chi connectivity index (χ4v) is 15.8. The third-order valence-corrected chi connectivity index (χ3v) is 21.2. The second-order valence-electron chi connectivity index (χ2n) is 18.9. The van der Waals surface area contributed by atoms with Gasteiger partial charge in [-0.1, -0.05) is 121 Å². The van der Waals surface area contributed by atoms with E-state index in [0.29, 0.717) is 45.3 Å². The molecular weight excluding hydrogens is 1090 g/mol. The first kappa shape index (κ1) is 55.0. The minimum absolute atomic E-state index is 0.00907. The molecule has 0 heterocycles. The molecule has 402 valence electrons. The maximum Gasteiger partial charge on any atom is 0.298 e. The number of benzene rings is 10. The third-order valence-electron chi connectivity index (χ3n) is 13.4. The van der Waals surface area contributed by atoms with Crippen LogP contribution in [0.3, 0.4) is 0 Å². The molecule has 2 atom stereocenters. The van der Waals surface area contributed by atoms with Crippen LogP contribution in [0, 0.1) is 6.92 Å². The molecule has 2 N–H and O–H groups in total. The fraction of sp³-hybridized carbons (Fsp3) is 0.0625. The van der Waals surface area contributed by atoms with E-state index in [1.165, 1.54) is 29.8 Å². The Morgan fingerprint density at radius 3 is 1.14 bits per heavy atom. The van der Waals surface area contributed by atoms with Crippen LogP contribution in [0.2, 0.25) is 0 Å². The quantitative estimate of drug-likeness (QED) is 0.0579. The molecule has 0 spiro atoms. The standard InChI is InChI=1S/C64H52O12P2S2/c1-45-11-33-57(34-12-45)78(66,60-9-6-10-62(43-60)79(67,68)69)61-39-40-63(64(44-61)80(70,71)72)76-55-27-19-49(20-28-55)42-48-17-25-52(26-18-48)75-54-31-37-59(38-32-54)77(65,56-7-4-3-5-8-56)58-35-29-53(30-36-58)74-51-23-15-47(16-24-51)41-46-13-21-50(73-2)22-14-46/h3-40,43-44H,41-42H2,1-2H3,(H,67,68,69)(H,70,71,72). The van der Waals surface area contributed by atoms with E-state index in [2.05, 4.69) is 12.1 Å². The number of methoxy groups -OCH3 is 1. The van der Waals surface area contributed by atoms with Crippen molar-refractivity contribution in [3.8, 4) is 40.2 Å². The number of hydrogen-bond acceptors (Lipinski definition) is 10. The van der Waals surface area contributed by atoms with E-state index in [-0.39, 0.29) is 27.4 Å². The maximum absolute atomic E-state index is 15.3. The van der Waals surface area contributed by atoms with Crippen LogP contribution in [0.4, 0.5) is 0 Å². The summed E-state index contributed by atoms with van der Waals surface area (Å²) >= 11 is 0. The van der Waals surface area contributed by atoms with E-state index in [1.54, 1.807) is 43.5 Å². The Morgan fingerprint density at radius 1 is 0.362 bits per heavy atom. The highest BCUT2D eigenvalue weighted by Crippen LogP contribution is 2.46. The van der Waals surface area contributed by atoms with Crippen molar-refractivity contribution in [2.75, 3.05) is 7.11 Å². The van der Waals surface area contributed by atoms with Crippen LogP contribution < -0.4 is 50.8 Å². The lowest BCUT2D eigenvalue weighted by Gasteiger charge is -2.22. The first-order chi connectivity index (χ1) is 38.4. The minimum Gasteiger partial charge on any atom is -0.497 e. The molecule has 0 saturated carbocycles. The van der Waals surface area contributed by atoms with Gasteiger partial charge in [-0.2, -0.15) is 16.8 Å². The zero-order valence-corrected chi connectivity index (χ0v) is 46.6. The summed E-state index contributed by atoms with van der Waals surface area (Å²) in [7, 11) is -15.3. The Bertz CT molecular complexity index is 4140. The summed E-state index contributed by atoms with van der Waals surface area (Å²) in [5, 5.41) is 2.23. The lowest BCUT2D eigenvalue weighted by Crippen LogP contribution is -2.26. The molecule has 80 heavy (non-hydrogen) atoms. The molecule has 0 amide bonds. The summed E-state index contributed by atoms with van der Waals surface area (Å²) < 4.78 is 125. The molecule has 0 bridgehead atoms. The topological polar surface area (TPSA) is 180 Å². The van der Waals surface area contributed by atoms with E-state index in [0.717, 1.165) is 52.6 Å². The average Bonchev–Trinajstić information content (AvgIpc) is 3.48.